The van der Waals surface area contributed by atoms with Crippen molar-refractivity contribution in [2.24, 2.45) is 5.84 Å². The number of pyridine rings is 1. The van der Waals surface area contributed by atoms with Crippen molar-refractivity contribution in [2.45, 2.75) is 4.90 Å². The second-order valence-corrected chi connectivity index (χ2v) is 5.78. The smallest absolute Gasteiger partial charge is 0.265 e. The minimum atomic E-state index is -4.05. The summed E-state index contributed by atoms with van der Waals surface area (Å²) in [6, 6.07) is 5.37. The highest BCUT2D eigenvalue weighted by molar-refractivity contribution is 7.92. The van der Waals surface area contributed by atoms with E-state index in [4.69, 9.17) is 17.4 Å². The zero-order valence-electron chi connectivity index (χ0n) is 9.97. The third kappa shape index (κ3) is 2.82. The van der Waals surface area contributed by atoms with Crippen LogP contribution < -0.4 is 16.0 Å². The first-order valence-corrected chi connectivity index (χ1v) is 7.19. The van der Waals surface area contributed by atoms with E-state index in [1.54, 1.807) is 0 Å². The fraction of sp³-hybridized carbons (Fsp3) is 0. The Morgan fingerprint density at radius 3 is 2.70 bits per heavy atom. The lowest BCUT2D eigenvalue weighted by Crippen LogP contribution is -2.18. The molecule has 0 atom stereocenters. The molecule has 2 rings (SSSR count). The Morgan fingerprint density at radius 1 is 1.25 bits per heavy atom. The van der Waals surface area contributed by atoms with Gasteiger partial charge < -0.3 is 5.43 Å². The van der Waals surface area contributed by atoms with Gasteiger partial charge in [0.2, 0.25) is 0 Å². The number of halogens is 2. The van der Waals surface area contributed by atoms with Crippen LogP contribution in [0.15, 0.2) is 41.6 Å². The van der Waals surface area contributed by atoms with E-state index in [1.807, 2.05) is 0 Å². The molecule has 0 spiro atoms. The quantitative estimate of drug-likeness (QED) is 0.592. The van der Waals surface area contributed by atoms with Gasteiger partial charge in [0.1, 0.15) is 4.90 Å². The number of nitrogens with two attached hydrogens (primary N) is 1. The normalized spacial score (nSPS) is 11.2. The lowest BCUT2D eigenvalue weighted by molar-refractivity contribution is 0.598. The second-order valence-electron chi connectivity index (χ2n) is 3.72. The fourth-order valence-electron chi connectivity index (χ4n) is 1.50. The standard InChI is InChI=1S/C11H10ClFN4O2S/c12-7-2-1-3-9(11(7)13)17-20(18,19)10-6-15-5-4-8(10)16-14/h1-6,17H,14H2,(H,15,16). The van der Waals surface area contributed by atoms with Crippen molar-refractivity contribution < 1.29 is 12.8 Å². The van der Waals surface area contributed by atoms with E-state index in [0.29, 0.717) is 0 Å². The number of rotatable bonds is 4. The van der Waals surface area contributed by atoms with Gasteiger partial charge in [0.15, 0.2) is 5.82 Å². The highest BCUT2D eigenvalue weighted by Crippen LogP contribution is 2.26. The maximum atomic E-state index is 13.7. The number of aromatic nitrogens is 1. The van der Waals surface area contributed by atoms with Crippen molar-refractivity contribution in [3.8, 4) is 0 Å². The molecule has 106 valence electrons. The summed E-state index contributed by atoms with van der Waals surface area (Å²) in [6.07, 6.45) is 2.47. The molecule has 0 amide bonds. The van der Waals surface area contributed by atoms with E-state index in [0.717, 1.165) is 6.20 Å². The van der Waals surface area contributed by atoms with E-state index in [9.17, 15) is 12.8 Å². The van der Waals surface area contributed by atoms with Crippen LogP contribution in [0.3, 0.4) is 0 Å². The first-order chi connectivity index (χ1) is 9.45. The van der Waals surface area contributed by atoms with Crippen LogP contribution in [0.4, 0.5) is 15.8 Å². The molecule has 4 N–H and O–H groups in total. The van der Waals surface area contributed by atoms with Gasteiger partial charge in [-0.15, -0.1) is 0 Å². The van der Waals surface area contributed by atoms with E-state index < -0.39 is 15.8 Å². The molecule has 1 heterocycles. The molecule has 0 radical (unpaired) electrons. The zero-order chi connectivity index (χ0) is 14.8. The van der Waals surface area contributed by atoms with Crippen molar-refractivity contribution in [1.29, 1.82) is 0 Å². The first-order valence-electron chi connectivity index (χ1n) is 5.33. The highest BCUT2D eigenvalue weighted by Gasteiger charge is 2.20. The number of anilines is 2. The van der Waals surface area contributed by atoms with Gasteiger partial charge in [-0.2, -0.15) is 0 Å². The average molecular weight is 317 g/mol. The molecule has 0 saturated heterocycles. The summed E-state index contributed by atoms with van der Waals surface area (Å²) < 4.78 is 40.2. The largest absolute Gasteiger partial charge is 0.323 e. The molecule has 6 nitrogen and oxygen atoms in total. The van der Waals surface area contributed by atoms with Crippen LogP contribution in [0.5, 0.6) is 0 Å². The number of hydrogen-bond acceptors (Lipinski definition) is 5. The second kappa shape index (κ2) is 5.61. The summed E-state index contributed by atoms with van der Waals surface area (Å²) in [5.74, 6) is 4.37. The van der Waals surface area contributed by atoms with Crippen LogP contribution >= 0.6 is 11.6 Å². The molecule has 0 saturated carbocycles. The Bertz CT molecular complexity index is 739. The average Bonchev–Trinajstić information content (AvgIpc) is 2.43. The molecular formula is C11H10ClFN4O2S. The highest BCUT2D eigenvalue weighted by atomic mass is 35.5. The van der Waals surface area contributed by atoms with Crippen LogP contribution in [0.25, 0.3) is 0 Å². The molecule has 2 aromatic rings. The summed E-state index contributed by atoms with van der Waals surface area (Å²) in [5, 5.41) is -0.187. The Balaban J connectivity index is 2.44. The van der Waals surface area contributed by atoms with E-state index in [-0.39, 0.29) is 21.3 Å². The van der Waals surface area contributed by atoms with E-state index in [2.05, 4.69) is 15.1 Å². The molecule has 0 aliphatic carbocycles. The van der Waals surface area contributed by atoms with Crippen LogP contribution in [-0.2, 0) is 10.0 Å². The maximum absolute atomic E-state index is 13.7. The lowest BCUT2D eigenvalue weighted by atomic mass is 10.3. The number of nitrogens with one attached hydrogen (secondary N) is 2. The van der Waals surface area contributed by atoms with Gasteiger partial charge in [-0.25, -0.2) is 12.8 Å². The number of benzene rings is 1. The molecule has 20 heavy (non-hydrogen) atoms. The minimum Gasteiger partial charge on any atom is -0.323 e. The van der Waals surface area contributed by atoms with Gasteiger partial charge in [0.05, 0.1) is 16.4 Å². The van der Waals surface area contributed by atoms with Crippen LogP contribution in [0.2, 0.25) is 5.02 Å². The van der Waals surface area contributed by atoms with Crippen molar-refractivity contribution in [3.63, 3.8) is 0 Å². The Hall–Kier alpha value is -1.90. The van der Waals surface area contributed by atoms with Crippen molar-refractivity contribution in [2.75, 3.05) is 10.1 Å². The van der Waals surface area contributed by atoms with Gasteiger partial charge in [-0.1, -0.05) is 17.7 Å². The van der Waals surface area contributed by atoms with E-state index >= 15 is 0 Å². The molecule has 0 unspecified atom stereocenters. The number of nitrogen functional groups attached to an aromatic ring is 1. The molecule has 1 aromatic carbocycles. The predicted octanol–water partition coefficient (Wildman–Crippen LogP) is 1.96. The lowest BCUT2D eigenvalue weighted by Gasteiger charge is -2.12. The van der Waals surface area contributed by atoms with Crippen molar-refractivity contribution >= 4 is 33.0 Å². The van der Waals surface area contributed by atoms with Gasteiger partial charge >= 0.3 is 0 Å². The van der Waals surface area contributed by atoms with Gasteiger partial charge in [-0.05, 0) is 18.2 Å². The predicted molar refractivity (Wildman–Crippen MR) is 74.3 cm³/mol. The first kappa shape index (κ1) is 14.5. The van der Waals surface area contributed by atoms with Gasteiger partial charge in [0, 0.05) is 12.4 Å². The topological polar surface area (TPSA) is 97.1 Å². The van der Waals surface area contributed by atoms with Gasteiger partial charge in [0.25, 0.3) is 10.0 Å². The molecule has 0 aliphatic rings. The third-order valence-electron chi connectivity index (χ3n) is 2.43. The number of sulfonamides is 1. The molecular weight excluding hydrogens is 307 g/mol. The summed E-state index contributed by atoms with van der Waals surface area (Å²) >= 11 is 5.59. The molecule has 0 bridgehead atoms. The molecule has 1 aromatic heterocycles. The minimum absolute atomic E-state index is 0.134. The monoisotopic (exact) mass is 316 g/mol. The Labute approximate surface area is 119 Å². The molecule has 9 heteroatoms. The number of nitrogens with zero attached hydrogens (tertiary/aromatic N) is 1. The maximum Gasteiger partial charge on any atom is 0.265 e. The van der Waals surface area contributed by atoms with Crippen LogP contribution in [-0.4, -0.2) is 13.4 Å². The van der Waals surface area contributed by atoms with E-state index in [1.165, 1.54) is 30.5 Å². The van der Waals surface area contributed by atoms with Crippen LogP contribution in [0.1, 0.15) is 0 Å². The van der Waals surface area contributed by atoms with Crippen LogP contribution in [0, 0.1) is 5.82 Å². The fourth-order valence-corrected chi connectivity index (χ4v) is 2.84. The summed E-state index contributed by atoms with van der Waals surface area (Å²) in [5.41, 5.74) is 2.11. The summed E-state index contributed by atoms with van der Waals surface area (Å²) in [4.78, 5) is 3.50. The third-order valence-corrected chi connectivity index (χ3v) is 4.11. The zero-order valence-corrected chi connectivity index (χ0v) is 11.5. The number of hydrogen-bond donors (Lipinski definition) is 3. The molecule has 0 fully saturated rings. The Morgan fingerprint density at radius 2 is 2.00 bits per heavy atom. The Kier molecular flexibility index (Phi) is 4.07. The van der Waals surface area contributed by atoms with Gasteiger partial charge in [-0.3, -0.25) is 15.5 Å². The summed E-state index contributed by atoms with van der Waals surface area (Å²) in [7, 11) is -4.05. The van der Waals surface area contributed by atoms with Crippen molar-refractivity contribution in [1.82, 2.24) is 4.98 Å². The van der Waals surface area contributed by atoms with Crippen molar-refractivity contribution in [3.05, 3.63) is 47.5 Å². The SMILES string of the molecule is NNc1ccncc1S(=O)(=O)Nc1cccc(Cl)c1F. The molecule has 0 aliphatic heterocycles. The number of hydrazine groups is 1. The summed E-state index contributed by atoms with van der Waals surface area (Å²) in [6.45, 7) is 0.